The van der Waals surface area contributed by atoms with Gasteiger partial charge in [-0.05, 0) is 23.3 Å². The molecule has 0 radical (unpaired) electrons. The Morgan fingerprint density at radius 3 is 2.11 bits per heavy atom. The van der Waals surface area contributed by atoms with E-state index in [0.717, 1.165) is 16.8 Å². The van der Waals surface area contributed by atoms with E-state index in [1.807, 2.05) is 68.4 Å². The maximum atomic E-state index is 10.9. The molecule has 0 atom stereocenters. The number of nitrogens with one attached hydrogen (secondary N) is 1. The minimum atomic E-state index is -0.0507. The molecule has 0 aromatic heterocycles. The van der Waals surface area contributed by atoms with E-state index in [9.17, 15) is 4.79 Å². The lowest BCUT2D eigenvalue weighted by Gasteiger charge is -2.05. The summed E-state index contributed by atoms with van der Waals surface area (Å²) in [6, 6.07) is 17.9. The number of benzene rings is 2. The van der Waals surface area contributed by atoms with E-state index in [0.29, 0.717) is 0 Å². The summed E-state index contributed by atoms with van der Waals surface area (Å²) in [5, 5.41) is 2.78. The van der Waals surface area contributed by atoms with Crippen LogP contribution in [0.2, 0.25) is 0 Å². The van der Waals surface area contributed by atoms with Gasteiger partial charge in [0.15, 0.2) is 0 Å². The molecular weight excluding hydrogens is 222 g/mol. The molecule has 0 spiro atoms. The molecule has 0 aliphatic carbocycles. The third-order valence-electron chi connectivity index (χ3n) is 2.29. The molecular formula is C16H19NO. The molecule has 0 saturated carbocycles. The van der Waals surface area contributed by atoms with E-state index >= 15 is 0 Å². The zero-order valence-electron chi connectivity index (χ0n) is 11.1. The van der Waals surface area contributed by atoms with Gasteiger partial charge < -0.3 is 5.32 Å². The van der Waals surface area contributed by atoms with Crippen LogP contribution in [0.4, 0.5) is 5.69 Å². The number of amides is 1. The van der Waals surface area contributed by atoms with E-state index in [4.69, 9.17) is 0 Å². The van der Waals surface area contributed by atoms with Crippen LogP contribution in [0.15, 0.2) is 54.6 Å². The summed E-state index contributed by atoms with van der Waals surface area (Å²) in [6.45, 7) is 5.51. The summed E-state index contributed by atoms with van der Waals surface area (Å²) < 4.78 is 0. The van der Waals surface area contributed by atoms with Gasteiger partial charge in [-0.1, -0.05) is 56.3 Å². The fraction of sp³-hybridized carbons (Fsp3) is 0.188. The Kier molecular flexibility index (Phi) is 5.65. The maximum absolute atomic E-state index is 10.9. The fourth-order valence-electron chi connectivity index (χ4n) is 1.61. The molecule has 0 fully saturated rings. The third-order valence-corrected chi connectivity index (χ3v) is 2.29. The lowest BCUT2D eigenvalue weighted by molar-refractivity contribution is -0.114. The molecule has 2 heteroatoms. The standard InChI is InChI=1S/C14H13NO.C2H6/c1-11(16)15-14-9-5-8-13(10-14)12-6-3-2-4-7-12;1-2/h2-10H,1H3,(H,15,16);1-2H3. The van der Waals surface area contributed by atoms with Crippen LogP contribution >= 0.6 is 0 Å². The molecule has 2 nitrogen and oxygen atoms in total. The van der Waals surface area contributed by atoms with Crippen molar-refractivity contribution in [2.45, 2.75) is 20.8 Å². The number of hydrogen-bond acceptors (Lipinski definition) is 1. The number of anilines is 1. The maximum Gasteiger partial charge on any atom is 0.221 e. The second-order valence-electron chi connectivity index (χ2n) is 3.63. The molecule has 0 unspecified atom stereocenters. The summed E-state index contributed by atoms with van der Waals surface area (Å²) >= 11 is 0. The summed E-state index contributed by atoms with van der Waals surface area (Å²) in [7, 11) is 0. The van der Waals surface area contributed by atoms with Gasteiger partial charge >= 0.3 is 0 Å². The van der Waals surface area contributed by atoms with Crippen LogP contribution in [-0.2, 0) is 4.79 Å². The zero-order valence-corrected chi connectivity index (χ0v) is 11.1. The van der Waals surface area contributed by atoms with Gasteiger partial charge in [-0.2, -0.15) is 0 Å². The first-order valence-corrected chi connectivity index (χ1v) is 6.19. The Hall–Kier alpha value is -2.09. The van der Waals surface area contributed by atoms with Gasteiger partial charge in [0.05, 0.1) is 0 Å². The van der Waals surface area contributed by atoms with Crippen molar-refractivity contribution in [2.24, 2.45) is 0 Å². The SMILES string of the molecule is CC.CC(=O)Nc1cccc(-c2ccccc2)c1. The van der Waals surface area contributed by atoms with Crippen molar-refractivity contribution >= 4 is 11.6 Å². The van der Waals surface area contributed by atoms with Crippen molar-refractivity contribution < 1.29 is 4.79 Å². The van der Waals surface area contributed by atoms with Crippen LogP contribution in [0.5, 0.6) is 0 Å². The lowest BCUT2D eigenvalue weighted by atomic mass is 10.1. The van der Waals surface area contributed by atoms with E-state index in [1.165, 1.54) is 6.92 Å². The van der Waals surface area contributed by atoms with Gasteiger partial charge in [0, 0.05) is 12.6 Å². The highest BCUT2D eigenvalue weighted by Gasteiger charge is 1.99. The monoisotopic (exact) mass is 241 g/mol. The Morgan fingerprint density at radius 1 is 0.889 bits per heavy atom. The molecule has 0 bridgehead atoms. The van der Waals surface area contributed by atoms with Crippen LogP contribution < -0.4 is 5.32 Å². The highest BCUT2D eigenvalue weighted by atomic mass is 16.1. The molecule has 2 aromatic carbocycles. The second kappa shape index (κ2) is 7.28. The van der Waals surface area contributed by atoms with Crippen LogP contribution in [0.25, 0.3) is 11.1 Å². The molecule has 1 N–H and O–H groups in total. The van der Waals surface area contributed by atoms with Crippen molar-refractivity contribution in [3.8, 4) is 11.1 Å². The minimum Gasteiger partial charge on any atom is -0.326 e. The van der Waals surface area contributed by atoms with E-state index in [-0.39, 0.29) is 5.91 Å². The Balaban J connectivity index is 0.000000771. The molecule has 0 saturated heterocycles. The molecule has 0 aliphatic rings. The highest BCUT2D eigenvalue weighted by molar-refractivity contribution is 5.89. The smallest absolute Gasteiger partial charge is 0.221 e. The van der Waals surface area contributed by atoms with E-state index < -0.39 is 0 Å². The van der Waals surface area contributed by atoms with E-state index in [2.05, 4.69) is 5.32 Å². The molecule has 2 aromatic rings. The molecule has 94 valence electrons. The largest absolute Gasteiger partial charge is 0.326 e. The fourth-order valence-corrected chi connectivity index (χ4v) is 1.61. The summed E-state index contributed by atoms with van der Waals surface area (Å²) in [5.41, 5.74) is 3.08. The van der Waals surface area contributed by atoms with Gasteiger partial charge in [0.1, 0.15) is 0 Å². The Labute approximate surface area is 109 Å². The number of hydrogen-bond donors (Lipinski definition) is 1. The van der Waals surface area contributed by atoms with Crippen LogP contribution in [-0.4, -0.2) is 5.91 Å². The Morgan fingerprint density at radius 2 is 1.50 bits per heavy atom. The van der Waals surface area contributed by atoms with Crippen LogP contribution in [0.3, 0.4) is 0 Å². The number of carbonyl (C=O) groups is 1. The zero-order chi connectivity index (χ0) is 13.4. The average Bonchev–Trinajstić information content (AvgIpc) is 2.42. The predicted molar refractivity (Wildman–Crippen MR) is 77.5 cm³/mol. The predicted octanol–water partition coefficient (Wildman–Crippen LogP) is 4.34. The minimum absolute atomic E-state index is 0.0507. The van der Waals surface area contributed by atoms with E-state index in [1.54, 1.807) is 0 Å². The first kappa shape index (κ1) is 14.0. The highest BCUT2D eigenvalue weighted by Crippen LogP contribution is 2.22. The van der Waals surface area contributed by atoms with Crippen molar-refractivity contribution in [1.82, 2.24) is 0 Å². The quantitative estimate of drug-likeness (QED) is 0.832. The molecule has 1 amide bonds. The van der Waals surface area contributed by atoms with Crippen LogP contribution in [0.1, 0.15) is 20.8 Å². The van der Waals surface area contributed by atoms with Gasteiger partial charge in [-0.3, -0.25) is 4.79 Å². The number of rotatable bonds is 2. The van der Waals surface area contributed by atoms with Gasteiger partial charge in [-0.25, -0.2) is 0 Å². The Bertz CT molecular complexity index is 491. The van der Waals surface area contributed by atoms with Crippen molar-refractivity contribution in [2.75, 3.05) is 5.32 Å². The molecule has 0 heterocycles. The first-order chi connectivity index (χ1) is 8.75. The van der Waals surface area contributed by atoms with Crippen molar-refractivity contribution in [3.63, 3.8) is 0 Å². The van der Waals surface area contributed by atoms with Crippen molar-refractivity contribution in [3.05, 3.63) is 54.6 Å². The summed E-state index contributed by atoms with van der Waals surface area (Å²) in [6.07, 6.45) is 0. The lowest BCUT2D eigenvalue weighted by Crippen LogP contribution is -2.05. The molecule has 18 heavy (non-hydrogen) atoms. The van der Waals surface area contributed by atoms with Gasteiger partial charge in [0.25, 0.3) is 0 Å². The van der Waals surface area contributed by atoms with Gasteiger partial charge in [0.2, 0.25) is 5.91 Å². The topological polar surface area (TPSA) is 29.1 Å². The summed E-state index contributed by atoms with van der Waals surface area (Å²) in [4.78, 5) is 10.9. The van der Waals surface area contributed by atoms with Crippen molar-refractivity contribution in [1.29, 1.82) is 0 Å². The molecule has 2 rings (SSSR count). The normalized spacial score (nSPS) is 9.06. The second-order valence-corrected chi connectivity index (χ2v) is 3.63. The van der Waals surface area contributed by atoms with Crippen LogP contribution in [0, 0.1) is 0 Å². The first-order valence-electron chi connectivity index (χ1n) is 6.19. The molecule has 0 aliphatic heterocycles. The summed E-state index contributed by atoms with van der Waals surface area (Å²) in [5.74, 6) is -0.0507. The van der Waals surface area contributed by atoms with Gasteiger partial charge in [-0.15, -0.1) is 0 Å². The average molecular weight is 241 g/mol. The number of carbonyl (C=O) groups excluding carboxylic acids is 1. The third kappa shape index (κ3) is 4.06.